The van der Waals surface area contributed by atoms with Crippen molar-refractivity contribution in [1.82, 2.24) is 0 Å². The van der Waals surface area contributed by atoms with E-state index in [0.717, 1.165) is 36.0 Å². The number of esters is 2. The molecule has 0 aliphatic carbocycles. The lowest BCUT2D eigenvalue weighted by atomic mass is 9.99. The first-order chi connectivity index (χ1) is 15.1. The van der Waals surface area contributed by atoms with Crippen molar-refractivity contribution in [3.63, 3.8) is 0 Å². The third-order valence-corrected chi connectivity index (χ3v) is 5.07. The van der Waals surface area contributed by atoms with E-state index in [1.807, 2.05) is 18.2 Å². The summed E-state index contributed by atoms with van der Waals surface area (Å²) in [5.41, 5.74) is 3.02. The number of hydrogen-bond acceptors (Lipinski definition) is 7. The molecule has 1 aliphatic rings. The highest BCUT2D eigenvalue weighted by molar-refractivity contribution is 5.94. The number of cyclic esters (lactones) is 1. The maximum atomic E-state index is 11.8. The van der Waals surface area contributed by atoms with Crippen molar-refractivity contribution in [3.05, 3.63) is 41.5 Å². The summed E-state index contributed by atoms with van der Waals surface area (Å²) < 4.78 is 27.3. The Morgan fingerprint density at radius 3 is 2.55 bits per heavy atom. The second-order valence-corrected chi connectivity index (χ2v) is 7.15. The van der Waals surface area contributed by atoms with Crippen LogP contribution in [-0.4, -0.2) is 39.4 Å². The Morgan fingerprint density at radius 1 is 1.00 bits per heavy atom. The summed E-state index contributed by atoms with van der Waals surface area (Å²) in [6.45, 7) is 2.64. The molecule has 0 saturated heterocycles. The molecule has 0 spiro atoms. The van der Waals surface area contributed by atoms with Gasteiger partial charge in [0, 0.05) is 17.5 Å². The molecule has 0 saturated carbocycles. The van der Waals surface area contributed by atoms with Gasteiger partial charge in [0.2, 0.25) is 5.75 Å². The van der Waals surface area contributed by atoms with Gasteiger partial charge in [0.1, 0.15) is 19.8 Å². The summed E-state index contributed by atoms with van der Waals surface area (Å²) in [7, 11) is 3.09. The van der Waals surface area contributed by atoms with Gasteiger partial charge in [0.05, 0.1) is 19.8 Å². The predicted octanol–water partition coefficient (Wildman–Crippen LogP) is 4.54. The summed E-state index contributed by atoms with van der Waals surface area (Å²) in [5.74, 6) is 0.915. The lowest BCUT2D eigenvalue weighted by Crippen LogP contribution is -2.13. The fourth-order valence-corrected chi connectivity index (χ4v) is 3.46. The number of methoxy groups -OCH3 is 2. The molecule has 7 nitrogen and oxygen atoms in total. The number of fused-ring (bicyclic) bond motifs is 1. The van der Waals surface area contributed by atoms with Gasteiger partial charge in [-0.1, -0.05) is 25.8 Å². The van der Waals surface area contributed by atoms with Crippen molar-refractivity contribution < 1.29 is 33.3 Å². The predicted molar refractivity (Wildman–Crippen MR) is 115 cm³/mol. The molecule has 7 heteroatoms. The maximum absolute atomic E-state index is 11.8. The summed E-state index contributed by atoms with van der Waals surface area (Å²) in [5, 5.41) is 0. The number of rotatable bonds is 11. The third kappa shape index (κ3) is 5.29. The van der Waals surface area contributed by atoms with Gasteiger partial charge < -0.3 is 23.7 Å². The molecule has 0 radical (unpaired) electrons. The summed E-state index contributed by atoms with van der Waals surface area (Å²) >= 11 is 0. The van der Waals surface area contributed by atoms with Crippen molar-refractivity contribution in [2.75, 3.05) is 27.4 Å². The molecule has 0 aromatic heterocycles. The Bertz CT molecular complexity index is 936. The van der Waals surface area contributed by atoms with E-state index in [9.17, 15) is 9.59 Å². The second kappa shape index (κ2) is 10.7. The number of carbonyl (C=O) groups excluding carboxylic acids is 2. The van der Waals surface area contributed by atoms with Gasteiger partial charge in [-0.25, -0.2) is 4.79 Å². The molecule has 2 aromatic carbocycles. The van der Waals surface area contributed by atoms with Crippen LogP contribution < -0.4 is 14.2 Å². The summed E-state index contributed by atoms with van der Waals surface area (Å²) in [6.07, 6.45) is 3.30. The first-order valence-corrected chi connectivity index (χ1v) is 10.4. The van der Waals surface area contributed by atoms with Crippen LogP contribution in [0, 0.1) is 0 Å². The highest BCUT2D eigenvalue weighted by atomic mass is 16.6. The van der Waals surface area contributed by atoms with E-state index in [0.29, 0.717) is 29.2 Å². The van der Waals surface area contributed by atoms with Crippen molar-refractivity contribution in [2.45, 2.75) is 39.2 Å². The van der Waals surface area contributed by atoms with Crippen LogP contribution in [0.2, 0.25) is 0 Å². The molecule has 0 unspecified atom stereocenters. The van der Waals surface area contributed by atoms with Crippen LogP contribution in [0.25, 0.3) is 11.1 Å². The topological polar surface area (TPSA) is 80.3 Å². The standard InChI is InChI=1S/C24H28O7/c1-4-5-6-7-21(25)29-12-13-30-22-18(10-11-20(27-2)23(22)28-3)16-8-9-19-17(14-16)15-31-24(19)26/h8-11,14H,4-7,12-13,15H2,1-3H3. The van der Waals surface area contributed by atoms with E-state index in [1.165, 1.54) is 7.11 Å². The molecule has 0 amide bonds. The Hall–Kier alpha value is -3.22. The van der Waals surface area contributed by atoms with Crippen molar-refractivity contribution in [3.8, 4) is 28.4 Å². The smallest absolute Gasteiger partial charge is 0.338 e. The van der Waals surface area contributed by atoms with Gasteiger partial charge in [-0.2, -0.15) is 0 Å². The third-order valence-electron chi connectivity index (χ3n) is 5.07. The van der Waals surface area contributed by atoms with E-state index in [1.54, 1.807) is 19.2 Å². The zero-order valence-electron chi connectivity index (χ0n) is 18.2. The van der Waals surface area contributed by atoms with E-state index >= 15 is 0 Å². The molecule has 31 heavy (non-hydrogen) atoms. The van der Waals surface area contributed by atoms with Gasteiger partial charge in [0.15, 0.2) is 11.5 Å². The van der Waals surface area contributed by atoms with Crippen LogP contribution in [0.15, 0.2) is 30.3 Å². The minimum Gasteiger partial charge on any atom is -0.493 e. The number of carbonyl (C=O) groups is 2. The minimum atomic E-state index is -0.314. The molecule has 1 heterocycles. The van der Waals surface area contributed by atoms with Gasteiger partial charge in [0.25, 0.3) is 0 Å². The molecule has 2 aromatic rings. The largest absolute Gasteiger partial charge is 0.493 e. The lowest BCUT2D eigenvalue weighted by Gasteiger charge is -2.18. The summed E-state index contributed by atoms with van der Waals surface area (Å²) in [4.78, 5) is 23.6. The number of ether oxygens (including phenoxy) is 5. The van der Waals surface area contributed by atoms with E-state index in [2.05, 4.69) is 6.92 Å². The number of unbranched alkanes of at least 4 members (excludes halogenated alkanes) is 2. The van der Waals surface area contributed by atoms with Crippen molar-refractivity contribution in [1.29, 1.82) is 0 Å². The van der Waals surface area contributed by atoms with Crippen molar-refractivity contribution in [2.24, 2.45) is 0 Å². The highest BCUT2D eigenvalue weighted by Crippen LogP contribution is 2.45. The Kier molecular flexibility index (Phi) is 7.76. The summed E-state index contributed by atoms with van der Waals surface area (Å²) in [6, 6.07) is 9.16. The highest BCUT2D eigenvalue weighted by Gasteiger charge is 2.23. The molecule has 1 aliphatic heterocycles. The first-order valence-electron chi connectivity index (χ1n) is 10.4. The SMILES string of the molecule is CCCCCC(=O)OCCOc1c(-c2ccc3c(c2)COC3=O)ccc(OC)c1OC. The average Bonchev–Trinajstić information content (AvgIpc) is 3.16. The minimum absolute atomic E-state index is 0.136. The zero-order chi connectivity index (χ0) is 22.2. The van der Waals surface area contributed by atoms with Gasteiger partial charge >= 0.3 is 11.9 Å². The van der Waals surface area contributed by atoms with Crippen LogP contribution >= 0.6 is 0 Å². The first kappa shape index (κ1) is 22.5. The van der Waals surface area contributed by atoms with Crippen LogP contribution in [0.4, 0.5) is 0 Å². The fraction of sp³-hybridized carbons (Fsp3) is 0.417. The maximum Gasteiger partial charge on any atom is 0.338 e. The molecule has 0 atom stereocenters. The zero-order valence-corrected chi connectivity index (χ0v) is 18.2. The van der Waals surface area contributed by atoms with Crippen LogP contribution in [0.1, 0.15) is 48.5 Å². The average molecular weight is 428 g/mol. The molecule has 166 valence electrons. The van der Waals surface area contributed by atoms with Crippen molar-refractivity contribution >= 4 is 11.9 Å². The van der Waals surface area contributed by atoms with E-state index < -0.39 is 0 Å². The molecule has 0 fully saturated rings. The molecule has 3 rings (SSSR count). The molecule has 0 N–H and O–H groups in total. The fourth-order valence-electron chi connectivity index (χ4n) is 3.46. The Balaban J connectivity index is 1.78. The molecular weight excluding hydrogens is 400 g/mol. The van der Waals surface area contributed by atoms with Crippen LogP contribution in [0.5, 0.6) is 17.2 Å². The van der Waals surface area contributed by atoms with Crippen LogP contribution in [0.3, 0.4) is 0 Å². The quantitative estimate of drug-likeness (QED) is 0.384. The number of benzene rings is 2. The Labute approximate surface area is 182 Å². The van der Waals surface area contributed by atoms with Crippen LogP contribution in [-0.2, 0) is 20.9 Å². The normalized spacial score (nSPS) is 12.2. The van der Waals surface area contributed by atoms with Gasteiger partial charge in [-0.05, 0) is 36.2 Å². The molecule has 0 bridgehead atoms. The number of hydrogen-bond donors (Lipinski definition) is 0. The van der Waals surface area contributed by atoms with E-state index in [4.69, 9.17) is 23.7 Å². The lowest BCUT2D eigenvalue weighted by molar-refractivity contribution is -0.144. The van der Waals surface area contributed by atoms with E-state index in [-0.39, 0.29) is 31.8 Å². The second-order valence-electron chi connectivity index (χ2n) is 7.15. The van der Waals surface area contributed by atoms with Gasteiger partial charge in [-0.3, -0.25) is 4.79 Å². The Morgan fingerprint density at radius 2 is 1.81 bits per heavy atom. The van der Waals surface area contributed by atoms with Gasteiger partial charge in [-0.15, -0.1) is 0 Å². The molecular formula is C24H28O7. The monoisotopic (exact) mass is 428 g/mol.